The van der Waals surface area contributed by atoms with Crippen molar-refractivity contribution in [1.29, 1.82) is 0 Å². The molecule has 3 saturated heterocycles. The summed E-state index contributed by atoms with van der Waals surface area (Å²) in [5.41, 5.74) is 2.86. The van der Waals surface area contributed by atoms with Crippen LogP contribution in [0.1, 0.15) is 48.6 Å². The Morgan fingerprint density at radius 1 is 0.857 bits per heavy atom. The van der Waals surface area contributed by atoms with Gasteiger partial charge in [-0.3, -0.25) is 4.79 Å². The van der Waals surface area contributed by atoms with E-state index in [4.69, 9.17) is 0 Å². The maximum atomic E-state index is 13.9. The molecule has 1 saturated carbocycles. The zero-order chi connectivity index (χ0) is 24.4. The van der Waals surface area contributed by atoms with Crippen molar-refractivity contribution >= 4 is 5.91 Å². The van der Waals surface area contributed by atoms with Crippen molar-refractivity contribution in [3.63, 3.8) is 0 Å². The van der Waals surface area contributed by atoms with Crippen molar-refractivity contribution in [1.82, 2.24) is 19.6 Å². The van der Waals surface area contributed by atoms with Crippen LogP contribution < -0.4 is 0 Å². The van der Waals surface area contributed by atoms with Crippen LogP contribution in [0, 0.1) is 0 Å². The second-order valence-corrected chi connectivity index (χ2v) is 11.3. The van der Waals surface area contributed by atoms with Crippen molar-refractivity contribution in [2.45, 2.75) is 49.1 Å². The number of benzene rings is 2. The van der Waals surface area contributed by atoms with E-state index >= 15 is 0 Å². The summed E-state index contributed by atoms with van der Waals surface area (Å²) in [6.45, 7) is 6.06. The summed E-state index contributed by atoms with van der Waals surface area (Å²) in [7, 11) is 6.68. The Labute approximate surface area is 211 Å². The van der Waals surface area contributed by atoms with Gasteiger partial charge in [0.25, 0.3) is 0 Å². The van der Waals surface area contributed by atoms with Crippen molar-refractivity contribution in [2.75, 3.05) is 60.4 Å². The molecule has 5 heteroatoms. The molecule has 2 atom stereocenters. The maximum Gasteiger partial charge on any atom is 0.224 e. The molecule has 2 bridgehead atoms. The van der Waals surface area contributed by atoms with Crippen LogP contribution in [0.5, 0.6) is 0 Å². The first-order valence-corrected chi connectivity index (χ1v) is 13.4. The van der Waals surface area contributed by atoms with Crippen LogP contribution in [-0.4, -0.2) is 97.5 Å². The first-order valence-electron chi connectivity index (χ1n) is 13.4. The number of nitrogens with zero attached hydrogens (tertiary/aromatic N) is 4. The average molecular weight is 475 g/mol. The van der Waals surface area contributed by atoms with E-state index in [-0.39, 0.29) is 11.6 Å². The minimum atomic E-state index is 0.101. The predicted molar refractivity (Wildman–Crippen MR) is 143 cm³/mol. The van der Waals surface area contributed by atoms with Gasteiger partial charge in [-0.2, -0.15) is 0 Å². The van der Waals surface area contributed by atoms with E-state index in [2.05, 4.69) is 101 Å². The van der Waals surface area contributed by atoms with E-state index in [9.17, 15) is 4.79 Å². The smallest absolute Gasteiger partial charge is 0.224 e. The van der Waals surface area contributed by atoms with E-state index < -0.39 is 0 Å². The van der Waals surface area contributed by atoms with E-state index in [1.54, 1.807) is 0 Å². The van der Waals surface area contributed by atoms with Gasteiger partial charge in [0.05, 0.1) is 0 Å². The van der Waals surface area contributed by atoms with Gasteiger partial charge in [-0.1, -0.05) is 60.7 Å². The number of carbonyl (C=O) groups excluding carboxylic acids is 1. The number of amides is 1. The Bertz CT molecular complexity index is 921. The molecule has 4 fully saturated rings. The fourth-order valence-electron chi connectivity index (χ4n) is 6.92. The molecule has 2 aromatic rings. The first kappa shape index (κ1) is 24.5. The lowest BCUT2D eigenvalue weighted by Crippen LogP contribution is -2.53. The summed E-state index contributed by atoms with van der Waals surface area (Å²) in [6, 6.07) is 22.2. The Kier molecular flexibility index (Phi) is 7.29. The Hall–Kier alpha value is -2.21. The lowest BCUT2D eigenvalue weighted by molar-refractivity contribution is -0.134. The molecule has 6 rings (SSSR count). The number of piperazine rings is 1. The number of carbonyl (C=O) groups is 1. The third kappa shape index (κ3) is 5.04. The largest absolute Gasteiger partial charge is 0.338 e. The molecular formula is C30H42N4O. The SMILES string of the molecule is CN1CCN(CCC(=O)N2CCC3(N(C)C)CC(c4ccccc4)C2C(c2ccccc2)C3)CC1. The third-order valence-electron chi connectivity index (χ3n) is 9.16. The van der Waals surface area contributed by atoms with E-state index in [1.807, 2.05) is 0 Å². The van der Waals surface area contributed by atoms with Crippen LogP contribution in [0.15, 0.2) is 60.7 Å². The summed E-state index contributed by atoms with van der Waals surface area (Å²) in [4.78, 5) is 23.6. The van der Waals surface area contributed by atoms with E-state index in [0.717, 1.165) is 58.5 Å². The molecule has 0 spiro atoms. The lowest BCUT2D eigenvalue weighted by atomic mass is 9.63. The van der Waals surface area contributed by atoms with Gasteiger partial charge in [-0.05, 0) is 51.5 Å². The fraction of sp³-hybridized carbons (Fsp3) is 0.567. The topological polar surface area (TPSA) is 30.0 Å². The summed E-state index contributed by atoms with van der Waals surface area (Å²) in [6.07, 6.45) is 3.89. The van der Waals surface area contributed by atoms with Gasteiger partial charge in [-0.25, -0.2) is 0 Å². The lowest BCUT2D eigenvalue weighted by Gasteiger charge is -2.50. The summed E-state index contributed by atoms with van der Waals surface area (Å²) in [5, 5.41) is 0. The van der Waals surface area contributed by atoms with E-state index in [0.29, 0.717) is 24.2 Å². The molecule has 5 nitrogen and oxygen atoms in total. The number of fused-ring (bicyclic) bond motifs is 4. The molecule has 2 aromatic carbocycles. The zero-order valence-electron chi connectivity index (χ0n) is 21.8. The first-order chi connectivity index (χ1) is 17.0. The third-order valence-corrected chi connectivity index (χ3v) is 9.16. The standard InChI is InChI=1S/C30H42N4O/c1-31(2)30-15-17-34(28(35)14-16-33-20-18-32(3)19-21-33)29(26(22-30)24-10-6-4-7-11-24)27(23-30)25-12-8-5-9-13-25/h4-13,26-27,29H,14-23H2,1-3H3. The monoisotopic (exact) mass is 474 g/mol. The molecule has 35 heavy (non-hydrogen) atoms. The molecule has 0 N–H and O–H groups in total. The van der Waals surface area contributed by atoms with Gasteiger partial charge in [0.15, 0.2) is 0 Å². The Balaban J connectivity index is 1.48. The highest BCUT2D eigenvalue weighted by molar-refractivity contribution is 5.77. The van der Waals surface area contributed by atoms with Gasteiger partial charge >= 0.3 is 0 Å². The molecule has 3 aliphatic heterocycles. The second kappa shape index (κ2) is 10.4. The van der Waals surface area contributed by atoms with Gasteiger partial charge in [0, 0.05) is 69.1 Å². The normalized spacial score (nSPS) is 29.9. The van der Waals surface area contributed by atoms with Crippen molar-refractivity contribution in [3.8, 4) is 0 Å². The Morgan fingerprint density at radius 3 is 1.91 bits per heavy atom. The van der Waals surface area contributed by atoms with Crippen molar-refractivity contribution in [3.05, 3.63) is 71.8 Å². The summed E-state index contributed by atoms with van der Waals surface area (Å²) >= 11 is 0. The molecular weight excluding hydrogens is 432 g/mol. The van der Waals surface area contributed by atoms with Crippen LogP contribution in [0.4, 0.5) is 0 Å². The highest BCUT2D eigenvalue weighted by Gasteiger charge is 2.53. The van der Waals surface area contributed by atoms with Crippen LogP contribution in [0.25, 0.3) is 0 Å². The molecule has 1 aliphatic carbocycles. The van der Waals surface area contributed by atoms with Crippen molar-refractivity contribution in [2.24, 2.45) is 0 Å². The number of hydrogen-bond acceptors (Lipinski definition) is 4. The fourth-order valence-corrected chi connectivity index (χ4v) is 6.92. The van der Waals surface area contributed by atoms with Crippen LogP contribution in [-0.2, 0) is 4.79 Å². The molecule has 1 amide bonds. The molecule has 0 radical (unpaired) electrons. The van der Waals surface area contributed by atoms with Crippen LogP contribution in [0.2, 0.25) is 0 Å². The molecule has 2 unspecified atom stereocenters. The molecule has 4 aliphatic rings. The van der Waals surface area contributed by atoms with Gasteiger partial charge in [0.1, 0.15) is 0 Å². The highest BCUT2D eigenvalue weighted by atomic mass is 16.2. The maximum absolute atomic E-state index is 13.9. The van der Waals surface area contributed by atoms with Gasteiger partial charge < -0.3 is 19.6 Å². The van der Waals surface area contributed by atoms with Crippen LogP contribution >= 0.6 is 0 Å². The number of hydrogen-bond donors (Lipinski definition) is 0. The highest BCUT2D eigenvalue weighted by Crippen LogP contribution is 2.53. The second-order valence-electron chi connectivity index (χ2n) is 11.3. The van der Waals surface area contributed by atoms with Crippen LogP contribution in [0.3, 0.4) is 0 Å². The summed E-state index contributed by atoms with van der Waals surface area (Å²) in [5.74, 6) is 1.02. The number of likely N-dealkylation sites (N-methyl/N-ethyl adjacent to an activating group) is 1. The van der Waals surface area contributed by atoms with Crippen molar-refractivity contribution < 1.29 is 4.79 Å². The molecule has 3 heterocycles. The van der Waals surface area contributed by atoms with E-state index in [1.165, 1.54) is 11.1 Å². The predicted octanol–water partition coefficient (Wildman–Crippen LogP) is 3.89. The molecule has 0 aromatic heterocycles. The summed E-state index contributed by atoms with van der Waals surface area (Å²) < 4.78 is 0. The van der Waals surface area contributed by atoms with Gasteiger partial charge in [0.2, 0.25) is 5.91 Å². The average Bonchev–Trinajstić information content (AvgIpc) is 3.18. The minimum Gasteiger partial charge on any atom is -0.338 e. The zero-order valence-corrected chi connectivity index (χ0v) is 21.8. The minimum absolute atomic E-state index is 0.101. The number of rotatable bonds is 6. The van der Waals surface area contributed by atoms with Gasteiger partial charge in [-0.15, -0.1) is 0 Å². The quantitative estimate of drug-likeness (QED) is 0.636. The molecule has 188 valence electrons. The Morgan fingerprint density at radius 2 is 1.40 bits per heavy atom.